The first-order chi connectivity index (χ1) is 11.9. The lowest BCUT2D eigenvalue weighted by molar-refractivity contribution is -0.0166. The molecule has 1 aliphatic carbocycles. The van der Waals surface area contributed by atoms with Gasteiger partial charge in [-0.1, -0.05) is 0 Å². The monoisotopic (exact) mass is 348 g/mol. The third kappa shape index (κ3) is 4.15. The van der Waals surface area contributed by atoms with Crippen molar-refractivity contribution in [3.8, 4) is 5.69 Å². The molecule has 3 atom stereocenters. The lowest BCUT2D eigenvalue weighted by Gasteiger charge is -2.30. The normalized spacial score (nSPS) is 23.3. The molecule has 0 aliphatic heterocycles. The van der Waals surface area contributed by atoms with Crippen LogP contribution in [-0.2, 0) is 0 Å². The molecule has 0 bridgehead atoms. The van der Waals surface area contributed by atoms with Crippen molar-refractivity contribution >= 4 is 11.7 Å². The first-order valence-electron chi connectivity index (χ1n) is 8.17. The van der Waals surface area contributed by atoms with E-state index in [4.69, 9.17) is 0 Å². The van der Waals surface area contributed by atoms with E-state index in [9.17, 15) is 19.4 Å². The molecule has 3 rings (SSSR count). The molecule has 4 N–H and O–H groups in total. The molecule has 1 unspecified atom stereocenters. The quantitative estimate of drug-likeness (QED) is 0.679. The van der Waals surface area contributed by atoms with Gasteiger partial charge >= 0.3 is 6.03 Å². The van der Waals surface area contributed by atoms with Gasteiger partial charge in [0.25, 0.3) is 0 Å². The van der Waals surface area contributed by atoms with E-state index < -0.39 is 24.1 Å². The van der Waals surface area contributed by atoms with Gasteiger partial charge in [-0.15, -0.1) is 0 Å². The van der Waals surface area contributed by atoms with E-state index in [1.807, 2.05) is 6.92 Å². The highest BCUT2D eigenvalue weighted by Gasteiger charge is 2.28. The molecular formula is C17H21FN4O3. The molecule has 1 aromatic carbocycles. The Hall–Kier alpha value is -2.45. The van der Waals surface area contributed by atoms with E-state index in [-0.39, 0.29) is 6.04 Å². The minimum atomic E-state index is -0.840. The minimum absolute atomic E-state index is 0.227. The first kappa shape index (κ1) is 17.4. The molecule has 2 aromatic rings. The highest BCUT2D eigenvalue weighted by Crippen LogP contribution is 2.20. The Labute approximate surface area is 144 Å². The molecule has 1 aromatic heterocycles. The Bertz CT molecular complexity index is 764. The van der Waals surface area contributed by atoms with Crippen molar-refractivity contribution in [3.63, 3.8) is 0 Å². The summed E-state index contributed by atoms with van der Waals surface area (Å²) in [5.74, 6) is -0.503. The van der Waals surface area contributed by atoms with Crippen molar-refractivity contribution in [2.24, 2.45) is 0 Å². The number of aliphatic hydroxyl groups is 2. The van der Waals surface area contributed by atoms with Crippen molar-refractivity contribution in [1.29, 1.82) is 0 Å². The molecule has 2 amide bonds. The minimum Gasteiger partial charge on any atom is -0.390 e. The van der Waals surface area contributed by atoms with Crippen molar-refractivity contribution in [1.82, 2.24) is 15.1 Å². The molecule has 1 heterocycles. The Morgan fingerprint density at radius 2 is 2.12 bits per heavy atom. The average Bonchev–Trinajstić information content (AvgIpc) is 2.97. The number of benzene rings is 1. The van der Waals surface area contributed by atoms with Crippen molar-refractivity contribution in [2.45, 2.75) is 44.4 Å². The second kappa shape index (κ2) is 7.20. The van der Waals surface area contributed by atoms with E-state index in [0.717, 1.165) is 5.56 Å². The third-order valence-electron chi connectivity index (χ3n) is 4.28. The Morgan fingerprint density at radius 1 is 1.32 bits per heavy atom. The Balaban J connectivity index is 1.61. The number of rotatable bonds is 3. The van der Waals surface area contributed by atoms with E-state index in [1.54, 1.807) is 18.5 Å². The predicted octanol–water partition coefficient (Wildman–Crippen LogP) is 1.72. The fourth-order valence-electron chi connectivity index (χ4n) is 2.93. The van der Waals surface area contributed by atoms with Crippen LogP contribution in [0.25, 0.3) is 5.69 Å². The zero-order valence-corrected chi connectivity index (χ0v) is 13.8. The summed E-state index contributed by atoms with van der Waals surface area (Å²) >= 11 is 0. The number of carbonyl (C=O) groups is 1. The molecule has 8 heteroatoms. The zero-order valence-electron chi connectivity index (χ0n) is 13.8. The highest BCUT2D eigenvalue weighted by atomic mass is 19.1. The number of nitrogens with one attached hydrogen (secondary N) is 2. The Morgan fingerprint density at radius 3 is 2.76 bits per heavy atom. The topological polar surface area (TPSA) is 99.4 Å². The average molecular weight is 348 g/mol. The van der Waals surface area contributed by atoms with E-state index >= 15 is 0 Å². The van der Waals surface area contributed by atoms with Crippen LogP contribution in [0.1, 0.15) is 24.8 Å². The van der Waals surface area contributed by atoms with Gasteiger partial charge in [0.05, 0.1) is 18.4 Å². The number of amides is 2. The molecule has 25 heavy (non-hydrogen) atoms. The van der Waals surface area contributed by atoms with Gasteiger partial charge in [-0.25, -0.2) is 13.9 Å². The van der Waals surface area contributed by atoms with Gasteiger partial charge in [-0.3, -0.25) is 0 Å². The van der Waals surface area contributed by atoms with Gasteiger partial charge in [0.15, 0.2) is 5.82 Å². The molecule has 0 saturated heterocycles. The van der Waals surface area contributed by atoms with Gasteiger partial charge in [0.1, 0.15) is 5.69 Å². The van der Waals surface area contributed by atoms with Crippen LogP contribution in [0.3, 0.4) is 0 Å². The summed E-state index contributed by atoms with van der Waals surface area (Å²) in [6.45, 7) is 1.86. The SMILES string of the molecule is Cc1cnn(-c2ccc(NC(=O)NC3CC[C@@H](O)[C@@H](O)C3)cc2F)c1. The fourth-order valence-corrected chi connectivity index (χ4v) is 2.93. The van der Waals surface area contributed by atoms with Crippen LogP contribution in [0, 0.1) is 12.7 Å². The maximum absolute atomic E-state index is 14.3. The third-order valence-corrected chi connectivity index (χ3v) is 4.28. The highest BCUT2D eigenvalue weighted by molar-refractivity contribution is 5.89. The van der Waals surface area contributed by atoms with Gasteiger partial charge in [0, 0.05) is 17.9 Å². The van der Waals surface area contributed by atoms with Gasteiger partial charge in [0.2, 0.25) is 0 Å². The van der Waals surface area contributed by atoms with Crippen LogP contribution in [0.5, 0.6) is 0 Å². The number of hydrogen-bond acceptors (Lipinski definition) is 4. The molecule has 7 nitrogen and oxygen atoms in total. The maximum atomic E-state index is 14.3. The smallest absolute Gasteiger partial charge is 0.319 e. The van der Waals surface area contributed by atoms with Gasteiger partial charge in [-0.2, -0.15) is 5.10 Å². The fraction of sp³-hybridized carbons (Fsp3) is 0.412. The lowest BCUT2D eigenvalue weighted by atomic mass is 9.91. The summed E-state index contributed by atoms with van der Waals surface area (Å²) in [4.78, 5) is 12.0. The second-order valence-corrected chi connectivity index (χ2v) is 6.37. The van der Waals surface area contributed by atoms with E-state index in [0.29, 0.717) is 30.6 Å². The molecule has 1 fully saturated rings. The summed E-state index contributed by atoms with van der Waals surface area (Å²) in [6, 6.07) is 3.66. The van der Waals surface area contributed by atoms with Crippen LogP contribution in [-0.4, -0.2) is 44.3 Å². The maximum Gasteiger partial charge on any atom is 0.319 e. The molecule has 134 valence electrons. The van der Waals surface area contributed by atoms with E-state index in [2.05, 4.69) is 15.7 Å². The van der Waals surface area contributed by atoms with Crippen LogP contribution < -0.4 is 10.6 Å². The lowest BCUT2D eigenvalue weighted by Crippen LogP contribution is -2.46. The van der Waals surface area contributed by atoms with Crippen LogP contribution in [0.4, 0.5) is 14.9 Å². The number of hydrogen-bond donors (Lipinski definition) is 4. The number of anilines is 1. The number of aryl methyl sites for hydroxylation is 1. The standard InChI is InChI=1S/C17H21FN4O3/c1-10-8-19-22(9-10)14-4-2-11(6-13(14)18)20-17(25)21-12-3-5-15(23)16(24)7-12/h2,4,6,8-9,12,15-16,23-24H,3,5,7H2,1H3,(H2,20,21,25)/t12?,15-,16+/m1/s1. The largest absolute Gasteiger partial charge is 0.390 e. The van der Waals surface area contributed by atoms with Crippen LogP contribution in [0.15, 0.2) is 30.6 Å². The summed E-state index contributed by atoms with van der Waals surface area (Å²) < 4.78 is 15.7. The molecule has 0 spiro atoms. The number of nitrogens with zero attached hydrogens (tertiary/aromatic N) is 2. The predicted molar refractivity (Wildman–Crippen MR) is 90.1 cm³/mol. The van der Waals surface area contributed by atoms with Gasteiger partial charge in [-0.05, 0) is 49.9 Å². The number of aromatic nitrogens is 2. The summed E-state index contributed by atoms with van der Waals surface area (Å²) in [5.41, 5.74) is 1.53. The summed E-state index contributed by atoms with van der Waals surface area (Å²) in [6.07, 6.45) is 3.06. The second-order valence-electron chi connectivity index (χ2n) is 6.37. The van der Waals surface area contributed by atoms with Crippen molar-refractivity contribution in [3.05, 3.63) is 42.0 Å². The Kier molecular flexibility index (Phi) is 5.00. The number of aliphatic hydroxyl groups excluding tert-OH is 2. The molecule has 1 aliphatic rings. The summed E-state index contributed by atoms with van der Waals surface area (Å²) in [7, 11) is 0. The number of carbonyl (C=O) groups excluding carboxylic acids is 1. The molecule has 1 saturated carbocycles. The number of halogens is 1. The van der Waals surface area contributed by atoms with Crippen molar-refractivity contribution in [2.75, 3.05) is 5.32 Å². The summed E-state index contributed by atoms with van der Waals surface area (Å²) in [5, 5.41) is 28.5. The zero-order chi connectivity index (χ0) is 18.0. The van der Waals surface area contributed by atoms with Crippen molar-refractivity contribution < 1.29 is 19.4 Å². The van der Waals surface area contributed by atoms with E-state index in [1.165, 1.54) is 16.8 Å². The first-order valence-corrected chi connectivity index (χ1v) is 8.17. The molecular weight excluding hydrogens is 327 g/mol. The van der Waals surface area contributed by atoms with Crippen LogP contribution >= 0.6 is 0 Å². The molecule has 0 radical (unpaired) electrons. The van der Waals surface area contributed by atoms with Crippen LogP contribution in [0.2, 0.25) is 0 Å². The van der Waals surface area contributed by atoms with Gasteiger partial charge < -0.3 is 20.8 Å². The number of urea groups is 1.